The van der Waals surface area contributed by atoms with Gasteiger partial charge in [0.1, 0.15) is 5.92 Å². The second-order valence-corrected chi connectivity index (χ2v) is 4.87. The molecule has 0 fully saturated rings. The third-order valence-corrected chi connectivity index (χ3v) is 3.59. The van der Waals surface area contributed by atoms with Gasteiger partial charge in [-0.3, -0.25) is 14.3 Å². The van der Waals surface area contributed by atoms with E-state index in [1.54, 1.807) is 46.2 Å². The number of rotatable bonds is 4. The topological polar surface area (TPSA) is 88.3 Å². The van der Waals surface area contributed by atoms with Gasteiger partial charge in [0.2, 0.25) is 5.91 Å². The number of aromatic nitrogens is 3. The molecule has 1 N–H and O–H groups in total. The number of anilines is 1. The Morgan fingerprint density at radius 1 is 1.33 bits per heavy atom. The summed E-state index contributed by atoms with van der Waals surface area (Å²) < 4.78 is 1.58. The summed E-state index contributed by atoms with van der Waals surface area (Å²) in [5.41, 5.74) is 1.38. The number of hydrogen-bond donors (Lipinski definition) is 1. The van der Waals surface area contributed by atoms with Crippen LogP contribution in [0.5, 0.6) is 0 Å². The molecular weight excluding hydrogens is 272 g/mol. The van der Waals surface area contributed by atoms with E-state index in [1.807, 2.05) is 0 Å². The number of aryl methyl sites for hydroxylation is 1. The highest BCUT2D eigenvalue weighted by molar-refractivity contribution is 5.98. The van der Waals surface area contributed by atoms with Crippen molar-refractivity contribution in [3.8, 4) is 0 Å². The van der Waals surface area contributed by atoms with Crippen LogP contribution in [-0.4, -0.2) is 38.5 Å². The summed E-state index contributed by atoms with van der Waals surface area (Å²) in [7, 11) is 0. The molecule has 1 amide bonds. The molecule has 0 aliphatic carbocycles. The summed E-state index contributed by atoms with van der Waals surface area (Å²) in [5, 5.41) is 16.8. The van der Waals surface area contributed by atoms with Crippen molar-refractivity contribution in [2.75, 3.05) is 11.4 Å². The maximum atomic E-state index is 12.3. The van der Waals surface area contributed by atoms with Crippen LogP contribution in [0.2, 0.25) is 0 Å². The molecule has 1 atom stereocenters. The van der Waals surface area contributed by atoms with Crippen LogP contribution < -0.4 is 4.90 Å². The Morgan fingerprint density at radius 3 is 2.86 bits per heavy atom. The fourth-order valence-electron chi connectivity index (χ4n) is 2.55. The van der Waals surface area contributed by atoms with Gasteiger partial charge in [0.05, 0.1) is 12.7 Å². The number of fused-ring (bicyclic) bond motifs is 1. The standard InChI is InChI=1S/C14H14N4O3/c19-13(5-7-17-8-6-15-16-17)18-9-11(14(20)21)10-3-1-2-4-12(10)18/h1-4,6,8,11H,5,7,9H2,(H,20,21). The average molecular weight is 286 g/mol. The Hall–Kier alpha value is -2.70. The Labute approximate surface area is 120 Å². The third kappa shape index (κ3) is 2.49. The van der Waals surface area contributed by atoms with Crippen LogP contribution in [0.15, 0.2) is 36.7 Å². The number of aliphatic carboxylic acids is 1. The second kappa shape index (κ2) is 5.35. The van der Waals surface area contributed by atoms with Gasteiger partial charge < -0.3 is 10.0 Å². The molecule has 1 aromatic heterocycles. The lowest BCUT2D eigenvalue weighted by Gasteiger charge is -2.17. The van der Waals surface area contributed by atoms with Gasteiger partial charge in [0.15, 0.2) is 0 Å². The summed E-state index contributed by atoms with van der Waals surface area (Å²) in [6.45, 7) is 0.611. The number of para-hydroxylation sites is 1. The van der Waals surface area contributed by atoms with Crippen molar-refractivity contribution in [3.63, 3.8) is 0 Å². The van der Waals surface area contributed by atoms with Crippen molar-refractivity contribution in [3.05, 3.63) is 42.2 Å². The van der Waals surface area contributed by atoms with Gasteiger partial charge in [-0.15, -0.1) is 5.10 Å². The van der Waals surface area contributed by atoms with E-state index < -0.39 is 11.9 Å². The molecule has 0 saturated carbocycles. The van der Waals surface area contributed by atoms with Gasteiger partial charge in [-0.05, 0) is 11.6 Å². The van der Waals surface area contributed by atoms with Crippen LogP contribution in [0.4, 0.5) is 5.69 Å². The first-order chi connectivity index (χ1) is 10.2. The van der Waals surface area contributed by atoms with Crippen LogP contribution in [0.3, 0.4) is 0 Å². The molecule has 1 unspecified atom stereocenters. The van der Waals surface area contributed by atoms with E-state index in [0.717, 1.165) is 0 Å². The minimum atomic E-state index is -0.908. The molecule has 7 heteroatoms. The Kier molecular flexibility index (Phi) is 3.39. The first-order valence-electron chi connectivity index (χ1n) is 6.63. The number of hydrogen-bond acceptors (Lipinski definition) is 4. The first-order valence-corrected chi connectivity index (χ1v) is 6.63. The maximum Gasteiger partial charge on any atom is 0.312 e. The zero-order chi connectivity index (χ0) is 14.8. The molecule has 3 rings (SSSR count). The van der Waals surface area contributed by atoms with Gasteiger partial charge in [-0.25, -0.2) is 0 Å². The molecule has 1 aromatic carbocycles. The van der Waals surface area contributed by atoms with Crippen LogP contribution in [0.1, 0.15) is 17.9 Å². The number of nitrogens with zero attached hydrogens (tertiary/aromatic N) is 4. The maximum absolute atomic E-state index is 12.3. The summed E-state index contributed by atoms with van der Waals surface area (Å²) in [5.74, 6) is -1.67. The van der Waals surface area contributed by atoms with Gasteiger partial charge in [0, 0.05) is 24.8 Å². The number of amides is 1. The normalized spacial score (nSPS) is 16.8. The number of carboxylic acid groups (broad SMARTS) is 1. The van der Waals surface area contributed by atoms with E-state index in [9.17, 15) is 14.7 Å². The number of carbonyl (C=O) groups is 2. The number of carboxylic acids is 1. The quantitative estimate of drug-likeness (QED) is 0.901. The van der Waals surface area contributed by atoms with Crippen LogP contribution in [0, 0.1) is 0 Å². The molecule has 0 radical (unpaired) electrons. The van der Waals surface area contributed by atoms with E-state index in [1.165, 1.54) is 0 Å². The molecule has 0 spiro atoms. The Morgan fingerprint density at radius 2 is 2.14 bits per heavy atom. The molecule has 0 saturated heterocycles. The molecule has 1 aliphatic rings. The van der Waals surface area contributed by atoms with Crippen molar-refractivity contribution in [1.82, 2.24) is 15.0 Å². The Bertz CT molecular complexity index is 669. The van der Waals surface area contributed by atoms with Gasteiger partial charge in [0.25, 0.3) is 0 Å². The minimum Gasteiger partial charge on any atom is -0.481 e. The number of carbonyl (C=O) groups excluding carboxylic acids is 1. The lowest BCUT2D eigenvalue weighted by molar-refractivity contribution is -0.138. The fourth-order valence-corrected chi connectivity index (χ4v) is 2.55. The average Bonchev–Trinajstić information content (AvgIpc) is 3.12. The highest BCUT2D eigenvalue weighted by Gasteiger charge is 2.35. The molecule has 2 aromatic rings. The summed E-state index contributed by atoms with van der Waals surface area (Å²) in [4.78, 5) is 25.2. The van der Waals surface area contributed by atoms with E-state index in [-0.39, 0.29) is 18.9 Å². The smallest absolute Gasteiger partial charge is 0.312 e. The third-order valence-electron chi connectivity index (χ3n) is 3.59. The SMILES string of the molecule is O=C(O)C1CN(C(=O)CCn2ccnn2)c2ccccc21. The lowest BCUT2D eigenvalue weighted by Crippen LogP contribution is -2.31. The molecule has 21 heavy (non-hydrogen) atoms. The summed E-state index contributed by atoms with van der Waals surface area (Å²) in [6, 6.07) is 7.14. The molecule has 7 nitrogen and oxygen atoms in total. The fraction of sp³-hybridized carbons (Fsp3) is 0.286. The minimum absolute atomic E-state index is 0.110. The molecular formula is C14H14N4O3. The second-order valence-electron chi connectivity index (χ2n) is 4.87. The van der Waals surface area contributed by atoms with Gasteiger partial charge in [-0.2, -0.15) is 0 Å². The van der Waals surface area contributed by atoms with Crippen molar-refractivity contribution in [2.45, 2.75) is 18.9 Å². The highest BCUT2D eigenvalue weighted by Crippen LogP contribution is 2.36. The predicted octanol–water partition coefficient (Wildman–Crippen LogP) is 0.883. The highest BCUT2D eigenvalue weighted by atomic mass is 16.4. The van der Waals surface area contributed by atoms with Crippen molar-refractivity contribution >= 4 is 17.6 Å². The van der Waals surface area contributed by atoms with E-state index in [2.05, 4.69) is 10.3 Å². The molecule has 108 valence electrons. The van der Waals surface area contributed by atoms with E-state index >= 15 is 0 Å². The van der Waals surface area contributed by atoms with Crippen molar-refractivity contribution in [2.24, 2.45) is 0 Å². The summed E-state index contributed by atoms with van der Waals surface area (Å²) in [6.07, 6.45) is 3.49. The van der Waals surface area contributed by atoms with Gasteiger partial charge in [-0.1, -0.05) is 23.4 Å². The zero-order valence-corrected chi connectivity index (χ0v) is 11.2. The first kappa shape index (κ1) is 13.3. The van der Waals surface area contributed by atoms with Crippen LogP contribution >= 0.6 is 0 Å². The van der Waals surface area contributed by atoms with Crippen LogP contribution in [-0.2, 0) is 16.1 Å². The van der Waals surface area contributed by atoms with Crippen molar-refractivity contribution in [1.29, 1.82) is 0 Å². The van der Waals surface area contributed by atoms with Crippen molar-refractivity contribution < 1.29 is 14.7 Å². The predicted molar refractivity (Wildman–Crippen MR) is 73.8 cm³/mol. The monoisotopic (exact) mass is 286 g/mol. The number of benzene rings is 1. The lowest BCUT2D eigenvalue weighted by atomic mass is 10.0. The zero-order valence-electron chi connectivity index (χ0n) is 11.2. The molecule has 0 bridgehead atoms. The van der Waals surface area contributed by atoms with E-state index in [4.69, 9.17) is 0 Å². The van der Waals surface area contributed by atoms with E-state index in [0.29, 0.717) is 17.8 Å². The largest absolute Gasteiger partial charge is 0.481 e. The molecule has 2 heterocycles. The van der Waals surface area contributed by atoms with Gasteiger partial charge >= 0.3 is 5.97 Å². The summed E-state index contributed by atoms with van der Waals surface area (Å²) >= 11 is 0. The Balaban J connectivity index is 1.76. The van der Waals surface area contributed by atoms with Crippen LogP contribution in [0.25, 0.3) is 0 Å². The molecule has 1 aliphatic heterocycles.